The molecule has 1 heterocycles. The second kappa shape index (κ2) is 9.33. The van der Waals surface area contributed by atoms with Crippen molar-refractivity contribution in [3.63, 3.8) is 0 Å². The molecule has 2 N–H and O–H groups in total. The number of aryl methyl sites for hydroxylation is 2. The van der Waals surface area contributed by atoms with Crippen LogP contribution in [0.2, 0.25) is 5.02 Å². The lowest BCUT2D eigenvalue weighted by Gasteiger charge is -2.09. The minimum Gasteiger partial charge on any atom is -0.354 e. The fraction of sp³-hybridized carbons (Fsp3) is 0.227. The molecular formula is C22H23ClN4O. The van der Waals surface area contributed by atoms with E-state index in [1.807, 2.05) is 62.4 Å². The number of carbonyl (C=O) groups excluding carboxylic acids is 1. The van der Waals surface area contributed by atoms with E-state index in [0.717, 1.165) is 28.3 Å². The Balaban J connectivity index is 1.58. The van der Waals surface area contributed by atoms with Gasteiger partial charge < -0.3 is 10.6 Å². The summed E-state index contributed by atoms with van der Waals surface area (Å²) < 4.78 is 0. The molecule has 0 bridgehead atoms. The number of anilines is 1. The van der Waals surface area contributed by atoms with Gasteiger partial charge in [0.25, 0.3) is 5.91 Å². The molecule has 0 aliphatic rings. The summed E-state index contributed by atoms with van der Waals surface area (Å²) in [7, 11) is 0. The molecule has 144 valence electrons. The highest BCUT2D eigenvalue weighted by atomic mass is 35.5. The van der Waals surface area contributed by atoms with Gasteiger partial charge in [-0.05, 0) is 49.6 Å². The highest BCUT2D eigenvalue weighted by Crippen LogP contribution is 2.12. The Labute approximate surface area is 170 Å². The second-order valence-corrected chi connectivity index (χ2v) is 7.13. The van der Waals surface area contributed by atoms with Crippen molar-refractivity contribution in [3.8, 4) is 0 Å². The van der Waals surface area contributed by atoms with Gasteiger partial charge in [0.05, 0.1) is 0 Å². The molecule has 1 amide bonds. The quantitative estimate of drug-likeness (QED) is 0.625. The van der Waals surface area contributed by atoms with Crippen LogP contribution in [0.1, 0.15) is 32.9 Å². The Morgan fingerprint density at radius 3 is 2.54 bits per heavy atom. The molecule has 0 aliphatic carbocycles. The smallest absolute Gasteiger partial charge is 0.270 e. The minimum atomic E-state index is -0.219. The van der Waals surface area contributed by atoms with Gasteiger partial charge in [0, 0.05) is 23.8 Å². The van der Waals surface area contributed by atoms with Crippen LogP contribution < -0.4 is 10.6 Å². The van der Waals surface area contributed by atoms with Crippen molar-refractivity contribution in [2.24, 2.45) is 0 Å². The predicted octanol–water partition coefficient (Wildman–Crippen LogP) is 4.33. The summed E-state index contributed by atoms with van der Waals surface area (Å²) in [6, 6.07) is 17.5. The zero-order chi connectivity index (χ0) is 19.9. The maximum atomic E-state index is 12.5. The van der Waals surface area contributed by atoms with Gasteiger partial charge in [0.15, 0.2) is 0 Å². The molecule has 0 unspecified atom stereocenters. The van der Waals surface area contributed by atoms with Crippen LogP contribution in [0.4, 0.5) is 5.95 Å². The molecule has 0 fully saturated rings. The molecule has 0 radical (unpaired) electrons. The Morgan fingerprint density at radius 1 is 1.00 bits per heavy atom. The SMILES string of the molecule is Cc1ccc(CNC(=O)c2cc(C)nc(NCCc3cccc(Cl)c3)n2)cc1. The number of nitrogens with zero attached hydrogens (tertiary/aromatic N) is 2. The van der Waals surface area contributed by atoms with Crippen LogP contribution >= 0.6 is 11.6 Å². The average Bonchev–Trinajstić information content (AvgIpc) is 2.67. The first kappa shape index (κ1) is 19.8. The molecule has 0 saturated carbocycles. The summed E-state index contributed by atoms with van der Waals surface area (Å²) in [5, 5.41) is 6.81. The Hall–Kier alpha value is -2.92. The van der Waals surface area contributed by atoms with Gasteiger partial charge in [-0.3, -0.25) is 4.79 Å². The van der Waals surface area contributed by atoms with E-state index in [0.29, 0.717) is 24.7 Å². The molecule has 0 spiro atoms. The van der Waals surface area contributed by atoms with Gasteiger partial charge in [-0.25, -0.2) is 9.97 Å². The van der Waals surface area contributed by atoms with Crippen LogP contribution in [0.25, 0.3) is 0 Å². The third-order valence-electron chi connectivity index (χ3n) is 4.25. The van der Waals surface area contributed by atoms with Gasteiger partial charge in [-0.15, -0.1) is 0 Å². The van der Waals surface area contributed by atoms with E-state index < -0.39 is 0 Å². The Bertz CT molecular complexity index is 957. The third kappa shape index (κ3) is 5.79. The maximum absolute atomic E-state index is 12.5. The lowest BCUT2D eigenvalue weighted by Crippen LogP contribution is -2.24. The Kier molecular flexibility index (Phi) is 6.61. The van der Waals surface area contributed by atoms with Gasteiger partial charge in [0.1, 0.15) is 5.69 Å². The number of aromatic nitrogens is 2. The van der Waals surface area contributed by atoms with Crippen molar-refractivity contribution in [3.05, 3.63) is 87.7 Å². The van der Waals surface area contributed by atoms with Crippen molar-refractivity contribution in [1.29, 1.82) is 0 Å². The topological polar surface area (TPSA) is 66.9 Å². The molecule has 2 aromatic carbocycles. The first-order valence-corrected chi connectivity index (χ1v) is 9.55. The first-order valence-electron chi connectivity index (χ1n) is 9.17. The van der Waals surface area contributed by atoms with Gasteiger partial charge in [0.2, 0.25) is 5.95 Å². The molecule has 0 aliphatic heterocycles. The number of nitrogens with one attached hydrogen (secondary N) is 2. The molecule has 28 heavy (non-hydrogen) atoms. The number of benzene rings is 2. The van der Waals surface area contributed by atoms with Crippen molar-refractivity contribution in [2.45, 2.75) is 26.8 Å². The average molecular weight is 395 g/mol. The van der Waals surface area contributed by atoms with Crippen LogP contribution in [-0.4, -0.2) is 22.4 Å². The van der Waals surface area contributed by atoms with E-state index in [2.05, 4.69) is 20.6 Å². The molecule has 0 atom stereocenters. The normalized spacial score (nSPS) is 10.5. The molecule has 3 rings (SSSR count). The third-order valence-corrected chi connectivity index (χ3v) is 4.48. The van der Waals surface area contributed by atoms with Crippen LogP contribution in [-0.2, 0) is 13.0 Å². The molecule has 6 heteroatoms. The summed E-state index contributed by atoms with van der Waals surface area (Å²) in [6.45, 7) is 4.99. The summed E-state index contributed by atoms with van der Waals surface area (Å²) in [5.41, 5.74) is 4.45. The van der Waals surface area contributed by atoms with Gasteiger partial charge in [-0.2, -0.15) is 0 Å². The molecule has 5 nitrogen and oxygen atoms in total. The first-order chi connectivity index (χ1) is 13.5. The number of hydrogen-bond donors (Lipinski definition) is 2. The number of rotatable bonds is 7. The van der Waals surface area contributed by atoms with Crippen molar-refractivity contribution >= 4 is 23.5 Å². The summed E-state index contributed by atoms with van der Waals surface area (Å²) >= 11 is 6.01. The van der Waals surface area contributed by atoms with E-state index in [4.69, 9.17) is 11.6 Å². The lowest BCUT2D eigenvalue weighted by atomic mass is 10.1. The van der Waals surface area contributed by atoms with Crippen molar-refractivity contribution < 1.29 is 4.79 Å². The molecule has 1 aromatic heterocycles. The van der Waals surface area contributed by atoms with Gasteiger partial charge in [-0.1, -0.05) is 53.6 Å². The van der Waals surface area contributed by atoms with E-state index in [1.54, 1.807) is 6.07 Å². The largest absolute Gasteiger partial charge is 0.354 e. The van der Waals surface area contributed by atoms with Crippen LogP contribution in [0, 0.1) is 13.8 Å². The van der Waals surface area contributed by atoms with E-state index in [1.165, 1.54) is 5.56 Å². The minimum absolute atomic E-state index is 0.219. The number of halogens is 1. The lowest BCUT2D eigenvalue weighted by molar-refractivity contribution is 0.0945. The maximum Gasteiger partial charge on any atom is 0.270 e. The standard InChI is InChI=1S/C22H23ClN4O/c1-15-6-8-18(9-7-15)14-25-21(28)20-12-16(2)26-22(27-20)24-11-10-17-4-3-5-19(23)13-17/h3-9,12-13H,10-11,14H2,1-2H3,(H,25,28)(H,24,26,27). The molecule has 3 aromatic rings. The van der Waals surface area contributed by atoms with Gasteiger partial charge >= 0.3 is 0 Å². The van der Waals surface area contributed by atoms with Crippen molar-refractivity contribution in [2.75, 3.05) is 11.9 Å². The fourth-order valence-corrected chi connectivity index (χ4v) is 2.97. The van der Waals surface area contributed by atoms with Crippen LogP contribution in [0.5, 0.6) is 0 Å². The fourth-order valence-electron chi connectivity index (χ4n) is 2.75. The summed E-state index contributed by atoms with van der Waals surface area (Å²) in [4.78, 5) is 21.2. The Morgan fingerprint density at radius 2 is 1.79 bits per heavy atom. The zero-order valence-corrected chi connectivity index (χ0v) is 16.8. The van der Waals surface area contributed by atoms with Crippen LogP contribution in [0.15, 0.2) is 54.6 Å². The number of hydrogen-bond acceptors (Lipinski definition) is 4. The van der Waals surface area contributed by atoms with Crippen LogP contribution in [0.3, 0.4) is 0 Å². The van der Waals surface area contributed by atoms with Crippen molar-refractivity contribution in [1.82, 2.24) is 15.3 Å². The summed E-state index contributed by atoms with van der Waals surface area (Å²) in [6.07, 6.45) is 0.785. The monoisotopic (exact) mass is 394 g/mol. The number of carbonyl (C=O) groups is 1. The molecular weight excluding hydrogens is 372 g/mol. The van der Waals surface area contributed by atoms with E-state index >= 15 is 0 Å². The highest BCUT2D eigenvalue weighted by molar-refractivity contribution is 6.30. The number of amides is 1. The summed E-state index contributed by atoms with van der Waals surface area (Å²) in [5.74, 6) is 0.228. The second-order valence-electron chi connectivity index (χ2n) is 6.69. The highest BCUT2D eigenvalue weighted by Gasteiger charge is 2.10. The van der Waals surface area contributed by atoms with E-state index in [-0.39, 0.29) is 5.91 Å². The van der Waals surface area contributed by atoms with E-state index in [9.17, 15) is 4.79 Å². The zero-order valence-electron chi connectivity index (χ0n) is 16.0. The molecule has 0 saturated heterocycles. The predicted molar refractivity (Wildman–Crippen MR) is 113 cm³/mol.